The Bertz CT molecular complexity index is 379. The van der Waals surface area contributed by atoms with Gasteiger partial charge in [0.25, 0.3) is 0 Å². The molecule has 1 rings (SSSR count). The van der Waals surface area contributed by atoms with E-state index in [1.165, 1.54) is 12.1 Å². The zero-order chi connectivity index (χ0) is 10.0. The minimum Gasteiger partial charge on any atom is -0.768 e. The van der Waals surface area contributed by atoms with Crippen LogP contribution in [0.5, 0.6) is 0 Å². The van der Waals surface area contributed by atoms with Gasteiger partial charge < -0.3 is 14.8 Å². The molecule has 2 atom stereocenters. The molecule has 0 saturated heterocycles. The van der Waals surface area contributed by atoms with Gasteiger partial charge in [0.1, 0.15) is 0 Å². The van der Waals surface area contributed by atoms with Crippen molar-refractivity contribution in [2.24, 2.45) is 0 Å². The first kappa shape index (κ1) is 10.3. The van der Waals surface area contributed by atoms with Gasteiger partial charge in [-0.1, -0.05) is 0 Å². The molecule has 0 aliphatic heterocycles. The molecule has 0 heterocycles. The van der Waals surface area contributed by atoms with Gasteiger partial charge in [0.05, 0.1) is 0 Å². The van der Waals surface area contributed by atoms with Crippen LogP contribution < -0.4 is 5.73 Å². The number of anilines is 1. The number of nitrogen functional groups attached to an aromatic ring is 1. The van der Waals surface area contributed by atoms with Crippen LogP contribution in [0, 0.1) is 0 Å². The molecule has 7 heteroatoms. The van der Waals surface area contributed by atoms with Gasteiger partial charge in [-0.3, -0.25) is 8.42 Å². The lowest BCUT2D eigenvalue weighted by Crippen LogP contribution is -1.99. The van der Waals surface area contributed by atoms with Gasteiger partial charge in [0.2, 0.25) is 0 Å². The third-order valence-electron chi connectivity index (χ3n) is 1.36. The molecule has 0 radical (unpaired) electrons. The summed E-state index contributed by atoms with van der Waals surface area (Å²) in [6.45, 7) is 0. The van der Waals surface area contributed by atoms with Crippen LogP contribution in [0.1, 0.15) is 0 Å². The zero-order valence-electron chi connectivity index (χ0n) is 6.26. The molecular weight excluding hydrogens is 214 g/mol. The van der Waals surface area contributed by atoms with Crippen LogP contribution in [-0.2, 0) is 22.2 Å². The quantitative estimate of drug-likeness (QED) is 0.545. The molecule has 0 fully saturated rings. The molecule has 0 bridgehead atoms. The first-order valence-electron chi connectivity index (χ1n) is 3.10. The fraction of sp³-hybridized carbons (Fsp3) is 0. The fourth-order valence-corrected chi connectivity index (χ4v) is 1.71. The Kier molecular flexibility index (Phi) is 3.15. The Morgan fingerprint density at radius 2 is 1.77 bits per heavy atom. The predicted molar refractivity (Wildman–Crippen MR) is 45.2 cm³/mol. The van der Waals surface area contributed by atoms with Gasteiger partial charge in [0, 0.05) is 15.5 Å². The summed E-state index contributed by atoms with van der Waals surface area (Å²) in [6, 6.07) is 3.46. The standard InChI is InChI=1S/C6H7NO4S2/c7-5-2-1-4(12(8)9)3-6(5)13(10)11/h1-3H,7H2,(H,8,9)(H,10,11)/p-2. The van der Waals surface area contributed by atoms with Crippen LogP contribution in [0.15, 0.2) is 28.0 Å². The van der Waals surface area contributed by atoms with E-state index in [0.29, 0.717) is 0 Å². The van der Waals surface area contributed by atoms with Gasteiger partial charge in [0.15, 0.2) is 0 Å². The highest BCUT2D eigenvalue weighted by atomic mass is 32.2. The second kappa shape index (κ2) is 3.97. The summed E-state index contributed by atoms with van der Waals surface area (Å²) < 4.78 is 41.9. The summed E-state index contributed by atoms with van der Waals surface area (Å²) in [4.78, 5) is -0.310. The normalized spacial score (nSPS) is 15.2. The van der Waals surface area contributed by atoms with Crippen molar-refractivity contribution in [3.63, 3.8) is 0 Å². The Hall–Kier alpha value is -0.760. The number of benzene rings is 1. The molecule has 2 unspecified atom stereocenters. The lowest BCUT2D eigenvalue weighted by Gasteiger charge is -2.11. The van der Waals surface area contributed by atoms with E-state index in [-0.39, 0.29) is 15.5 Å². The van der Waals surface area contributed by atoms with Crippen molar-refractivity contribution in [2.45, 2.75) is 9.79 Å². The number of hydrogen-bond donors (Lipinski definition) is 1. The smallest absolute Gasteiger partial charge is 0.0489 e. The van der Waals surface area contributed by atoms with Crippen LogP contribution in [-0.4, -0.2) is 17.5 Å². The lowest BCUT2D eigenvalue weighted by molar-refractivity contribution is 0.535. The topological polar surface area (TPSA) is 106 Å². The van der Waals surface area contributed by atoms with Crippen molar-refractivity contribution in [1.82, 2.24) is 0 Å². The maximum Gasteiger partial charge on any atom is 0.0489 e. The molecule has 0 amide bonds. The first-order chi connectivity index (χ1) is 6.02. The van der Waals surface area contributed by atoms with Gasteiger partial charge >= 0.3 is 0 Å². The van der Waals surface area contributed by atoms with Gasteiger partial charge in [-0.15, -0.1) is 0 Å². The first-order valence-corrected chi connectivity index (χ1v) is 5.25. The maximum atomic E-state index is 10.5. The minimum atomic E-state index is -2.52. The predicted octanol–water partition coefficient (Wildman–Crippen LogP) is -0.255. The summed E-state index contributed by atoms with van der Waals surface area (Å²) in [7, 11) is 0. The van der Waals surface area contributed by atoms with Crippen molar-refractivity contribution < 1.29 is 17.5 Å². The summed E-state index contributed by atoms with van der Waals surface area (Å²) in [5, 5.41) is 0. The number of hydrogen-bond acceptors (Lipinski definition) is 5. The Morgan fingerprint density at radius 1 is 1.15 bits per heavy atom. The van der Waals surface area contributed by atoms with Gasteiger partial charge in [-0.05, 0) is 40.4 Å². The lowest BCUT2D eigenvalue weighted by atomic mass is 10.3. The third-order valence-corrected chi connectivity index (χ3v) is 2.71. The van der Waals surface area contributed by atoms with Gasteiger partial charge in [-0.25, -0.2) is 0 Å². The van der Waals surface area contributed by atoms with E-state index in [1.54, 1.807) is 0 Å². The highest BCUT2D eigenvalue weighted by Crippen LogP contribution is 2.18. The Morgan fingerprint density at radius 3 is 2.23 bits per heavy atom. The summed E-state index contributed by atoms with van der Waals surface area (Å²) in [6.07, 6.45) is 0. The van der Waals surface area contributed by atoms with E-state index in [0.717, 1.165) is 6.07 Å². The highest BCUT2D eigenvalue weighted by molar-refractivity contribution is 7.80. The molecule has 0 spiro atoms. The molecule has 13 heavy (non-hydrogen) atoms. The SMILES string of the molecule is Nc1ccc(S(=O)[O-])cc1S(=O)[O-]. The van der Waals surface area contributed by atoms with Crippen molar-refractivity contribution in [3.05, 3.63) is 18.2 Å². The van der Waals surface area contributed by atoms with E-state index in [4.69, 9.17) is 5.73 Å². The summed E-state index contributed by atoms with van der Waals surface area (Å²) in [5.41, 5.74) is 5.33. The molecule has 0 aliphatic carbocycles. The minimum absolute atomic E-state index is 0.0301. The molecule has 0 saturated carbocycles. The average Bonchev–Trinajstić information content (AvgIpc) is 2.04. The van der Waals surface area contributed by atoms with E-state index in [2.05, 4.69) is 0 Å². The van der Waals surface area contributed by atoms with Crippen molar-refractivity contribution in [3.8, 4) is 0 Å². The number of nitrogens with two attached hydrogens (primary N) is 1. The molecule has 1 aromatic carbocycles. The van der Waals surface area contributed by atoms with E-state index in [9.17, 15) is 17.5 Å². The van der Waals surface area contributed by atoms with Crippen LogP contribution in [0.2, 0.25) is 0 Å². The summed E-state index contributed by atoms with van der Waals surface area (Å²) in [5.74, 6) is 0. The van der Waals surface area contributed by atoms with E-state index >= 15 is 0 Å². The second-order valence-corrected chi connectivity index (χ2v) is 4.02. The fourth-order valence-electron chi connectivity index (χ4n) is 0.763. The van der Waals surface area contributed by atoms with Crippen LogP contribution >= 0.6 is 0 Å². The number of rotatable bonds is 2. The molecule has 2 N–H and O–H groups in total. The molecule has 5 nitrogen and oxygen atoms in total. The molecule has 0 aromatic heterocycles. The maximum absolute atomic E-state index is 10.5. The van der Waals surface area contributed by atoms with Crippen LogP contribution in [0.4, 0.5) is 5.69 Å². The second-order valence-electron chi connectivity index (χ2n) is 2.17. The van der Waals surface area contributed by atoms with Crippen LogP contribution in [0.25, 0.3) is 0 Å². The van der Waals surface area contributed by atoms with Gasteiger partial charge in [-0.2, -0.15) is 0 Å². The highest BCUT2D eigenvalue weighted by Gasteiger charge is 2.01. The summed E-state index contributed by atoms with van der Waals surface area (Å²) >= 11 is -4.96. The molecular formula is C6H5NO4S2-2. The van der Waals surface area contributed by atoms with Crippen LogP contribution in [0.3, 0.4) is 0 Å². The largest absolute Gasteiger partial charge is 0.768 e. The van der Waals surface area contributed by atoms with Crippen molar-refractivity contribution >= 4 is 27.8 Å². The van der Waals surface area contributed by atoms with Crippen molar-refractivity contribution in [2.75, 3.05) is 5.73 Å². The van der Waals surface area contributed by atoms with Crippen molar-refractivity contribution in [1.29, 1.82) is 0 Å². The zero-order valence-corrected chi connectivity index (χ0v) is 7.89. The Labute approximate surface area is 79.5 Å². The molecule has 0 aliphatic rings. The van der Waals surface area contributed by atoms with E-state index in [1.807, 2.05) is 0 Å². The third kappa shape index (κ3) is 2.34. The Balaban J connectivity index is 3.27. The molecule has 72 valence electrons. The van der Waals surface area contributed by atoms with E-state index < -0.39 is 22.2 Å². The molecule has 1 aromatic rings. The average molecular weight is 219 g/mol. The monoisotopic (exact) mass is 219 g/mol.